The standard InChI is InChI=1S/C21H21F2N3O4S.C2H6/c1-3-5-13-14-10-17(16(23)11-15(14)22)26-31(28)20-9-12(8-19(24)25-20)21(27)30-7-6-29-18(13)4-2;1-2/h4-5,8-11,26H,3,6-7H2,1-2H3,(H2,24,25);1-2H3/b13-5-,18-4+;. The summed E-state index contributed by atoms with van der Waals surface area (Å²) in [4.78, 5) is 16.3. The van der Waals surface area contributed by atoms with Gasteiger partial charge in [-0.3, -0.25) is 4.72 Å². The Hall–Kier alpha value is -3.27. The Labute approximate surface area is 194 Å². The number of nitrogens with two attached hydrogens (primary N) is 1. The van der Waals surface area contributed by atoms with E-state index >= 15 is 0 Å². The minimum Gasteiger partial charge on any atom is -0.490 e. The average Bonchev–Trinajstić information content (AvgIpc) is 2.80. The van der Waals surface area contributed by atoms with Crippen LogP contribution in [0.1, 0.15) is 50.0 Å². The average molecular weight is 480 g/mol. The van der Waals surface area contributed by atoms with Gasteiger partial charge in [0.1, 0.15) is 36.4 Å². The second-order valence-electron chi connectivity index (χ2n) is 6.46. The first-order valence-corrected chi connectivity index (χ1v) is 11.6. The normalized spacial score (nSPS) is 18.7. The van der Waals surface area contributed by atoms with Crippen LogP contribution >= 0.6 is 0 Å². The number of benzene rings is 1. The zero-order valence-electron chi connectivity index (χ0n) is 18.9. The molecule has 4 bridgehead atoms. The highest BCUT2D eigenvalue weighted by Crippen LogP contribution is 2.31. The van der Waals surface area contributed by atoms with Gasteiger partial charge in [0.2, 0.25) is 0 Å². The molecule has 2 heterocycles. The highest BCUT2D eigenvalue weighted by Gasteiger charge is 2.20. The van der Waals surface area contributed by atoms with Crippen LogP contribution in [-0.4, -0.2) is 28.4 Å². The Balaban J connectivity index is 0.00000187. The number of nitrogens with one attached hydrogen (secondary N) is 1. The fourth-order valence-corrected chi connectivity index (χ4v) is 3.84. The number of nitrogen functional groups attached to an aromatic ring is 1. The molecule has 1 aliphatic heterocycles. The van der Waals surface area contributed by atoms with Crippen molar-refractivity contribution >= 4 is 34.0 Å². The molecule has 1 atom stereocenters. The van der Waals surface area contributed by atoms with Crippen molar-refractivity contribution in [1.82, 2.24) is 4.98 Å². The smallest absolute Gasteiger partial charge is 0.338 e. The molecule has 10 heteroatoms. The summed E-state index contributed by atoms with van der Waals surface area (Å²) in [7, 11) is -2.09. The number of allylic oxidation sites excluding steroid dienone is 3. The number of ether oxygens (including phenoxy) is 2. The highest BCUT2D eigenvalue weighted by atomic mass is 32.2. The summed E-state index contributed by atoms with van der Waals surface area (Å²) in [6, 6.07) is 4.42. The highest BCUT2D eigenvalue weighted by molar-refractivity contribution is 7.86. The first-order chi connectivity index (χ1) is 15.8. The summed E-state index contributed by atoms with van der Waals surface area (Å²) in [6.45, 7) is 7.47. The number of esters is 1. The van der Waals surface area contributed by atoms with Gasteiger partial charge in [0.15, 0.2) is 16.0 Å². The molecule has 0 fully saturated rings. The molecule has 33 heavy (non-hydrogen) atoms. The number of hydrogen-bond acceptors (Lipinski definition) is 6. The molecule has 0 saturated carbocycles. The van der Waals surface area contributed by atoms with Gasteiger partial charge in [-0.15, -0.1) is 0 Å². The third-order valence-corrected chi connectivity index (χ3v) is 5.30. The summed E-state index contributed by atoms with van der Waals surface area (Å²) in [5.74, 6) is -2.20. The molecular formula is C23H27F2N3O4S. The topological polar surface area (TPSA) is 104 Å². The molecule has 2 aromatic rings. The summed E-state index contributed by atoms with van der Waals surface area (Å²) >= 11 is 0. The van der Waals surface area contributed by atoms with E-state index in [4.69, 9.17) is 15.2 Å². The van der Waals surface area contributed by atoms with Gasteiger partial charge in [-0.05, 0) is 37.6 Å². The summed E-state index contributed by atoms with van der Waals surface area (Å²) in [5, 5.41) is -0.109. The Morgan fingerprint density at radius 2 is 1.85 bits per heavy atom. The SMILES string of the molecule is C/C=C1/OCCOC(=O)c2cc(N)nc(c2)S(=O)Nc2cc(c(F)cc2F)/C1=C/CC.CC. The van der Waals surface area contributed by atoms with Gasteiger partial charge in [-0.1, -0.05) is 26.8 Å². The first kappa shape index (κ1) is 26.0. The third kappa shape index (κ3) is 6.38. The third-order valence-electron chi connectivity index (χ3n) is 4.31. The van der Waals surface area contributed by atoms with Gasteiger partial charge in [-0.25, -0.2) is 22.8 Å². The monoisotopic (exact) mass is 479 g/mol. The quantitative estimate of drug-likeness (QED) is 0.559. The zero-order valence-corrected chi connectivity index (χ0v) is 19.7. The van der Waals surface area contributed by atoms with Crippen LogP contribution in [0.3, 0.4) is 0 Å². The van der Waals surface area contributed by atoms with E-state index in [0.29, 0.717) is 23.8 Å². The van der Waals surface area contributed by atoms with Crippen molar-refractivity contribution in [1.29, 1.82) is 0 Å². The Kier molecular flexibility index (Phi) is 9.53. The van der Waals surface area contributed by atoms with E-state index < -0.39 is 28.6 Å². The molecule has 7 nitrogen and oxygen atoms in total. The maximum absolute atomic E-state index is 14.7. The minimum absolute atomic E-state index is 0.000256. The van der Waals surface area contributed by atoms with E-state index in [1.165, 1.54) is 18.2 Å². The van der Waals surface area contributed by atoms with Crippen molar-refractivity contribution in [3.8, 4) is 0 Å². The van der Waals surface area contributed by atoms with E-state index in [1.807, 2.05) is 20.8 Å². The molecule has 0 amide bonds. The maximum atomic E-state index is 14.7. The van der Waals surface area contributed by atoms with Crippen molar-refractivity contribution in [2.75, 3.05) is 23.7 Å². The molecule has 3 rings (SSSR count). The second-order valence-corrected chi connectivity index (χ2v) is 7.62. The molecule has 0 radical (unpaired) electrons. The molecule has 0 spiro atoms. The molecule has 1 unspecified atom stereocenters. The summed E-state index contributed by atoms with van der Waals surface area (Å²) in [6.07, 6.45) is 3.90. The fourth-order valence-electron chi connectivity index (χ4n) is 2.96. The summed E-state index contributed by atoms with van der Waals surface area (Å²) < 4.78 is 55.3. The van der Waals surface area contributed by atoms with Crippen LogP contribution in [0.5, 0.6) is 0 Å². The molecule has 1 aromatic carbocycles. The van der Waals surface area contributed by atoms with Gasteiger partial charge < -0.3 is 15.2 Å². The van der Waals surface area contributed by atoms with Gasteiger partial charge in [-0.2, -0.15) is 0 Å². The van der Waals surface area contributed by atoms with E-state index in [1.54, 1.807) is 19.1 Å². The second kappa shape index (κ2) is 12.1. The molecule has 1 aliphatic rings. The number of rotatable bonds is 1. The van der Waals surface area contributed by atoms with Crippen LogP contribution in [0.15, 0.2) is 47.2 Å². The summed E-state index contributed by atoms with van der Waals surface area (Å²) in [5.41, 5.74) is 5.98. The molecular weight excluding hydrogens is 452 g/mol. The molecule has 1 aromatic heterocycles. The van der Waals surface area contributed by atoms with E-state index in [2.05, 4.69) is 9.71 Å². The molecule has 0 aliphatic carbocycles. The van der Waals surface area contributed by atoms with Crippen LogP contribution in [-0.2, 0) is 20.5 Å². The number of fused-ring (bicyclic) bond motifs is 4. The van der Waals surface area contributed by atoms with Gasteiger partial charge in [0.05, 0.1) is 11.3 Å². The predicted molar refractivity (Wildman–Crippen MR) is 125 cm³/mol. The lowest BCUT2D eigenvalue weighted by Gasteiger charge is -2.16. The lowest BCUT2D eigenvalue weighted by molar-refractivity contribution is 0.0408. The number of halogens is 2. The maximum Gasteiger partial charge on any atom is 0.338 e. The molecule has 0 saturated heterocycles. The van der Waals surface area contributed by atoms with Gasteiger partial charge in [0, 0.05) is 17.2 Å². The number of aromatic nitrogens is 1. The van der Waals surface area contributed by atoms with Crippen molar-refractivity contribution in [3.05, 3.63) is 64.9 Å². The van der Waals surface area contributed by atoms with Crippen LogP contribution in [0.4, 0.5) is 20.3 Å². The van der Waals surface area contributed by atoms with Crippen LogP contribution in [0, 0.1) is 11.6 Å². The number of anilines is 2. The largest absolute Gasteiger partial charge is 0.490 e. The molecule has 3 N–H and O–H groups in total. The number of cyclic esters (lactones) is 1. The first-order valence-electron chi connectivity index (χ1n) is 10.5. The fraction of sp³-hybridized carbons (Fsp3) is 0.304. The van der Waals surface area contributed by atoms with Crippen LogP contribution < -0.4 is 10.5 Å². The number of nitrogens with zero attached hydrogens (tertiary/aromatic N) is 1. The Bertz CT molecular complexity index is 1100. The van der Waals surface area contributed by atoms with Crippen molar-refractivity contribution in [2.24, 2.45) is 0 Å². The van der Waals surface area contributed by atoms with E-state index in [0.717, 1.165) is 0 Å². The van der Waals surface area contributed by atoms with Crippen molar-refractivity contribution < 1.29 is 27.3 Å². The van der Waals surface area contributed by atoms with E-state index in [9.17, 15) is 17.8 Å². The lowest BCUT2D eigenvalue weighted by atomic mass is 10.0. The zero-order chi connectivity index (χ0) is 24.5. The number of hydrogen-bond donors (Lipinski definition) is 2. The molecule has 178 valence electrons. The minimum atomic E-state index is -2.09. The van der Waals surface area contributed by atoms with E-state index in [-0.39, 0.29) is 40.9 Å². The Morgan fingerprint density at radius 1 is 1.15 bits per heavy atom. The number of pyridine rings is 1. The van der Waals surface area contributed by atoms with Gasteiger partial charge in [0.25, 0.3) is 0 Å². The van der Waals surface area contributed by atoms with Crippen molar-refractivity contribution in [3.63, 3.8) is 0 Å². The van der Waals surface area contributed by atoms with Crippen LogP contribution in [0.25, 0.3) is 5.57 Å². The van der Waals surface area contributed by atoms with Crippen molar-refractivity contribution in [2.45, 2.75) is 39.1 Å². The van der Waals surface area contributed by atoms with Gasteiger partial charge >= 0.3 is 5.97 Å². The van der Waals surface area contributed by atoms with Crippen LogP contribution in [0.2, 0.25) is 0 Å². The number of carbonyl (C=O) groups is 1. The Morgan fingerprint density at radius 3 is 2.52 bits per heavy atom. The number of carbonyl (C=O) groups excluding carboxylic acids is 1. The predicted octanol–water partition coefficient (Wildman–Crippen LogP) is 4.99. The lowest BCUT2D eigenvalue weighted by Crippen LogP contribution is -2.14.